The quantitative estimate of drug-likeness (QED) is 0.324. The molecule has 0 aliphatic carbocycles. The van der Waals surface area contributed by atoms with Crippen molar-refractivity contribution in [3.05, 3.63) is 102 Å². The van der Waals surface area contributed by atoms with Crippen LogP contribution in [0.4, 0.5) is 0 Å². The van der Waals surface area contributed by atoms with E-state index in [0.717, 1.165) is 38.7 Å². The fraction of sp³-hybridized carbons (Fsp3) is 0.321. The third-order valence-electron chi connectivity index (χ3n) is 6.41. The molecule has 0 saturated carbocycles. The molecule has 37 heavy (non-hydrogen) atoms. The predicted molar refractivity (Wildman–Crippen MR) is 147 cm³/mol. The molecule has 7 nitrogen and oxygen atoms in total. The third kappa shape index (κ3) is 7.58. The highest BCUT2D eigenvalue weighted by Crippen LogP contribution is 2.33. The summed E-state index contributed by atoms with van der Waals surface area (Å²) in [6, 6.07) is 24.7. The second-order valence-corrected chi connectivity index (χ2v) is 10.8. The second kappa shape index (κ2) is 12.6. The van der Waals surface area contributed by atoms with E-state index in [1.807, 2.05) is 18.2 Å². The molecule has 1 saturated heterocycles. The molecule has 0 amide bonds. The monoisotopic (exact) mass is 543 g/mol. The smallest absolute Gasteiger partial charge is 0.347 e. The maximum absolute atomic E-state index is 13.3. The number of hydrogen-bond acceptors (Lipinski definition) is 7. The summed E-state index contributed by atoms with van der Waals surface area (Å²) in [4.78, 5) is 15.7. The van der Waals surface area contributed by atoms with E-state index in [4.69, 9.17) is 8.92 Å². The summed E-state index contributed by atoms with van der Waals surface area (Å²) in [5, 5.41) is 11.6. The first-order valence-corrected chi connectivity index (χ1v) is 13.8. The highest BCUT2D eigenvalue weighted by atomic mass is 32.2. The van der Waals surface area contributed by atoms with Crippen molar-refractivity contribution < 1.29 is 27.2 Å². The first kappa shape index (κ1) is 28.7. The molecule has 1 aliphatic rings. The molecule has 1 fully saturated rings. The fourth-order valence-corrected chi connectivity index (χ4v) is 4.92. The molecule has 0 aromatic heterocycles. The highest BCUT2D eigenvalue weighted by Gasteiger charge is 2.42. The lowest BCUT2D eigenvalue weighted by atomic mass is 9.86. The number of likely N-dealkylation sites (tertiary alicyclic amines) is 1. The van der Waals surface area contributed by atoms with E-state index in [9.17, 15) is 18.3 Å². The average molecular weight is 544 g/mol. The zero-order valence-electron chi connectivity index (χ0n) is 20.7. The molecule has 4 rings (SSSR count). The van der Waals surface area contributed by atoms with Gasteiger partial charge >= 0.3 is 16.1 Å². The van der Waals surface area contributed by atoms with Crippen molar-refractivity contribution in [1.82, 2.24) is 4.90 Å². The topological polar surface area (TPSA) is 93.1 Å². The number of piperidine rings is 1. The Balaban J connectivity index is 0.00000380. The van der Waals surface area contributed by atoms with Gasteiger partial charge in [0.05, 0.1) is 12.9 Å². The number of esters is 1. The van der Waals surface area contributed by atoms with Crippen molar-refractivity contribution in [1.29, 1.82) is 0 Å². The molecule has 3 aromatic rings. The minimum Gasteiger partial charge on any atom is -0.463 e. The Labute approximate surface area is 225 Å². The Hall–Kier alpha value is -2.85. The van der Waals surface area contributed by atoms with Gasteiger partial charge in [-0.3, -0.25) is 4.90 Å². The van der Waals surface area contributed by atoms with Crippen molar-refractivity contribution in [2.24, 2.45) is 5.92 Å². The van der Waals surface area contributed by atoms with E-state index in [0.29, 0.717) is 5.56 Å². The number of aliphatic hydroxyl groups is 1. The molecule has 1 aliphatic heterocycles. The van der Waals surface area contributed by atoms with Crippen molar-refractivity contribution in [3.8, 4) is 5.75 Å². The number of carbonyl (C=O) groups is 1. The van der Waals surface area contributed by atoms with Gasteiger partial charge in [-0.05, 0) is 60.7 Å². The van der Waals surface area contributed by atoms with E-state index in [2.05, 4.69) is 17.0 Å². The summed E-state index contributed by atoms with van der Waals surface area (Å²) >= 11 is 0. The minimum absolute atomic E-state index is 0. The summed E-state index contributed by atoms with van der Waals surface area (Å²) in [5.41, 5.74) is -0.135. The Morgan fingerprint density at radius 3 is 2.03 bits per heavy atom. The Kier molecular flexibility index (Phi) is 9.78. The largest absolute Gasteiger partial charge is 0.463 e. The van der Waals surface area contributed by atoms with Gasteiger partial charge in [-0.25, -0.2) is 4.79 Å². The molecule has 9 heteroatoms. The van der Waals surface area contributed by atoms with E-state index < -0.39 is 21.7 Å². The number of rotatable bonds is 9. The molecule has 1 atom stereocenters. The van der Waals surface area contributed by atoms with Crippen molar-refractivity contribution >= 4 is 29.6 Å². The highest BCUT2D eigenvalue weighted by molar-refractivity contribution is 7.86. The van der Waals surface area contributed by atoms with Gasteiger partial charge in [0.15, 0.2) is 0 Å². The normalized spacial score (nSPS) is 16.3. The molecule has 1 N–H and O–H groups in total. The fourth-order valence-electron chi connectivity index (χ4n) is 4.46. The van der Waals surface area contributed by atoms with Gasteiger partial charge < -0.3 is 14.0 Å². The van der Waals surface area contributed by atoms with Gasteiger partial charge in [-0.2, -0.15) is 21.9 Å². The van der Waals surface area contributed by atoms with Crippen LogP contribution in [0.25, 0.3) is 0 Å². The SMILES string of the molecule is CS(=O)(=O)Oc1ccc([C@](O)(C(=O)OCC2CCN(Cc3ccccc3)CC2)c2ccccc2)cc1.S. The predicted octanol–water partition coefficient (Wildman–Crippen LogP) is 3.83. The second-order valence-electron chi connectivity index (χ2n) is 9.19. The van der Waals surface area contributed by atoms with Crippen LogP contribution >= 0.6 is 13.5 Å². The Morgan fingerprint density at radius 2 is 1.46 bits per heavy atom. The van der Waals surface area contributed by atoms with E-state index >= 15 is 0 Å². The summed E-state index contributed by atoms with van der Waals surface area (Å²) in [6.45, 7) is 2.96. The molecule has 1 heterocycles. The standard InChI is InChI=1S/C28H31NO6S.H2S/c1-36(32,33)35-26-14-12-25(13-15-26)28(31,24-10-6-3-7-11-24)27(30)34-21-23-16-18-29(19-17-23)20-22-8-4-2-5-9-22;/h2-15,23,31H,16-21H2,1H3;1H2/t28-;/m0./s1. The first-order valence-electron chi connectivity index (χ1n) is 12.0. The van der Waals surface area contributed by atoms with Crippen LogP contribution in [0, 0.1) is 5.92 Å². The number of benzene rings is 3. The van der Waals surface area contributed by atoms with E-state index in [1.165, 1.54) is 29.8 Å². The lowest BCUT2D eigenvalue weighted by Crippen LogP contribution is -2.40. The molecular weight excluding hydrogens is 510 g/mol. The van der Waals surface area contributed by atoms with Crippen LogP contribution in [0.3, 0.4) is 0 Å². The zero-order valence-corrected chi connectivity index (χ0v) is 22.6. The van der Waals surface area contributed by atoms with Crippen LogP contribution in [-0.2, 0) is 31.8 Å². The van der Waals surface area contributed by atoms with Gasteiger partial charge in [0.1, 0.15) is 5.75 Å². The molecular formula is C28H33NO6S2. The molecule has 0 unspecified atom stereocenters. The lowest BCUT2D eigenvalue weighted by molar-refractivity contribution is -0.164. The number of hydrogen-bond donors (Lipinski definition) is 1. The summed E-state index contributed by atoms with van der Waals surface area (Å²) in [6.07, 6.45) is 2.76. The number of ether oxygens (including phenoxy) is 1. The Bertz CT molecular complexity index is 1240. The van der Waals surface area contributed by atoms with Gasteiger partial charge in [-0.1, -0.05) is 72.8 Å². The van der Waals surface area contributed by atoms with Crippen molar-refractivity contribution in [2.75, 3.05) is 26.0 Å². The number of carbonyl (C=O) groups excluding carboxylic acids is 1. The van der Waals surface area contributed by atoms with E-state index in [1.54, 1.807) is 30.3 Å². The molecule has 0 radical (unpaired) electrons. The third-order valence-corrected chi connectivity index (χ3v) is 6.91. The van der Waals surface area contributed by atoms with Crippen LogP contribution in [0.5, 0.6) is 5.75 Å². The molecule has 198 valence electrons. The van der Waals surface area contributed by atoms with Gasteiger partial charge in [0, 0.05) is 6.54 Å². The van der Waals surface area contributed by atoms with Crippen molar-refractivity contribution in [3.63, 3.8) is 0 Å². The van der Waals surface area contributed by atoms with Gasteiger partial charge in [0.25, 0.3) is 0 Å². The van der Waals surface area contributed by atoms with Crippen LogP contribution in [-0.4, -0.2) is 50.3 Å². The maximum Gasteiger partial charge on any atom is 0.347 e. The van der Waals surface area contributed by atoms with Crippen LogP contribution < -0.4 is 4.18 Å². The van der Waals surface area contributed by atoms with Crippen LogP contribution in [0.1, 0.15) is 29.5 Å². The lowest BCUT2D eigenvalue weighted by Gasteiger charge is -2.33. The van der Waals surface area contributed by atoms with E-state index in [-0.39, 0.29) is 37.3 Å². The Morgan fingerprint density at radius 1 is 0.919 bits per heavy atom. The summed E-state index contributed by atoms with van der Waals surface area (Å²) in [5.74, 6) is -0.462. The molecule has 0 bridgehead atoms. The van der Waals surface area contributed by atoms with Crippen LogP contribution in [0.15, 0.2) is 84.9 Å². The first-order chi connectivity index (χ1) is 17.2. The van der Waals surface area contributed by atoms with Gasteiger partial charge in [0.2, 0.25) is 5.60 Å². The zero-order chi connectivity index (χ0) is 25.6. The van der Waals surface area contributed by atoms with Gasteiger partial charge in [-0.15, -0.1) is 0 Å². The molecule has 3 aromatic carbocycles. The average Bonchev–Trinajstić information content (AvgIpc) is 2.88. The van der Waals surface area contributed by atoms with Crippen molar-refractivity contribution in [2.45, 2.75) is 25.0 Å². The number of nitrogens with zero attached hydrogens (tertiary/aromatic N) is 1. The maximum atomic E-state index is 13.3. The minimum atomic E-state index is -3.69. The van der Waals surface area contributed by atoms with Crippen LogP contribution in [0.2, 0.25) is 0 Å². The summed E-state index contributed by atoms with van der Waals surface area (Å²) < 4.78 is 33.4. The molecule has 0 spiro atoms. The summed E-state index contributed by atoms with van der Waals surface area (Å²) in [7, 11) is -3.69.